The normalized spacial score (nSPS) is 14.9. The summed E-state index contributed by atoms with van der Waals surface area (Å²) in [5.74, 6) is 2.03. The zero-order valence-corrected chi connectivity index (χ0v) is 18.4. The Kier molecular flexibility index (Phi) is 7.74. The van der Waals surface area contributed by atoms with Crippen LogP contribution in [0.4, 0.5) is 0 Å². The van der Waals surface area contributed by atoms with Crippen molar-refractivity contribution >= 4 is 5.91 Å². The molecule has 1 aliphatic rings. The third-order valence-corrected chi connectivity index (χ3v) is 5.57. The Balaban J connectivity index is 1.50. The van der Waals surface area contributed by atoms with Crippen molar-refractivity contribution in [2.24, 2.45) is 0 Å². The van der Waals surface area contributed by atoms with Crippen LogP contribution in [0.3, 0.4) is 0 Å². The van der Waals surface area contributed by atoms with Crippen LogP contribution >= 0.6 is 0 Å². The summed E-state index contributed by atoms with van der Waals surface area (Å²) in [5.41, 5.74) is 0.891. The van der Waals surface area contributed by atoms with Crippen molar-refractivity contribution in [1.29, 1.82) is 0 Å². The first-order valence-corrected chi connectivity index (χ1v) is 11.4. The number of aromatic nitrogens is 3. The van der Waals surface area contributed by atoms with E-state index in [4.69, 9.17) is 9.47 Å². The SMILES string of the molecule is O=C(CCCn1ccnc1)N1CCCCCCOc2ccccc2Oc2ncccc2C1. The molecule has 0 fully saturated rings. The number of hydrogen-bond acceptors (Lipinski definition) is 5. The van der Waals surface area contributed by atoms with E-state index in [-0.39, 0.29) is 5.91 Å². The highest BCUT2D eigenvalue weighted by Gasteiger charge is 2.18. The van der Waals surface area contributed by atoms with E-state index in [1.807, 2.05) is 52.1 Å². The highest BCUT2D eigenvalue weighted by Crippen LogP contribution is 2.32. The molecule has 0 N–H and O–H groups in total. The average Bonchev–Trinajstić information content (AvgIpc) is 3.33. The number of para-hydroxylation sites is 2. The van der Waals surface area contributed by atoms with E-state index < -0.39 is 0 Å². The number of nitrogens with zero attached hydrogens (tertiary/aromatic N) is 4. The van der Waals surface area contributed by atoms with Crippen molar-refractivity contribution in [3.8, 4) is 17.4 Å². The molecule has 1 amide bonds. The molecule has 168 valence electrons. The highest BCUT2D eigenvalue weighted by molar-refractivity contribution is 5.76. The van der Waals surface area contributed by atoms with Crippen molar-refractivity contribution in [2.75, 3.05) is 13.2 Å². The van der Waals surface area contributed by atoms with Crippen LogP contribution in [0.15, 0.2) is 61.3 Å². The lowest BCUT2D eigenvalue weighted by atomic mass is 10.1. The molecule has 0 bridgehead atoms. The van der Waals surface area contributed by atoms with Gasteiger partial charge in [0.05, 0.1) is 19.5 Å². The summed E-state index contributed by atoms with van der Waals surface area (Å²) in [6.07, 6.45) is 12.6. The highest BCUT2D eigenvalue weighted by atomic mass is 16.5. The van der Waals surface area contributed by atoms with Crippen LogP contribution < -0.4 is 9.47 Å². The monoisotopic (exact) mass is 434 g/mol. The molecule has 1 aliphatic heterocycles. The molecule has 1 aromatic carbocycles. The first-order chi connectivity index (χ1) is 15.8. The summed E-state index contributed by atoms with van der Waals surface area (Å²) in [5, 5.41) is 0. The Hall–Kier alpha value is -3.35. The summed E-state index contributed by atoms with van der Waals surface area (Å²) in [6, 6.07) is 11.5. The third kappa shape index (κ3) is 6.09. The van der Waals surface area contributed by atoms with Gasteiger partial charge in [-0.1, -0.05) is 31.0 Å². The number of carbonyl (C=O) groups excluding carboxylic acids is 1. The molecular weight excluding hydrogens is 404 g/mol. The lowest BCUT2D eigenvalue weighted by Gasteiger charge is -2.24. The van der Waals surface area contributed by atoms with E-state index in [1.165, 1.54) is 0 Å². The van der Waals surface area contributed by atoms with Gasteiger partial charge in [0.2, 0.25) is 11.8 Å². The minimum Gasteiger partial charge on any atom is -0.490 e. The Morgan fingerprint density at radius 3 is 2.75 bits per heavy atom. The Morgan fingerprint density at radius 1 is 1.00 bits per heavy atom. The fraction of sp³-hybridized carbons (Fsp3) is 0.400. The van der Waals surface area contributed by atoms with E-state index in [9.17, 15) is 4.79 Å². The maximum atomic E-state index is 13.1. The number of hydrogen-bond donors (Lipinski definition) is 0. The second-order valence-corrected chi connectivity index (χ2v) is 8.00. The summed E-state index contributed by atoms with van der Waals surface area (Å²) in [6.45, 7) is 2.65. The molecular formula is C25H30N4O3. The minimum atomic E-state index is 0.163. The van der Waals surface area contributed by atoms with E-state index in [0.717, 1.165) is 50.8 Å². The summed E-state index contributed by atoms with van der Waals surface area (Å²) >= 11 is 0. The number of amides is 1. The van der Waals surface area contributed by atoms with Crippen molar-refractivity contribution in [1.82, 2.24) is 19.4 Å². The maximum absolute atomic E-state index is 13.1. The number of imidazole rings is 1. The van der Waals surface area contributed by atoms with Crippen LogP contribution in [0.5, 0.6) is 17.4 Å². The summed E-state index contributed by atoms with van der Waals surface area (Å²) < 4.78 is 14.1. The van der Waals surface area contributed by atoms with Crippen LogP contribution in [-0.2, 0) is 17.9 Å². The number of fused-ring (bicyclic) bond motifs is 2. The molecule has 0 spiro atoms. The van der Waals surface area contributed by atoms with Gasteiger partial charge in [-0.05, 0) is 37.5 Å². The number of aryl methyl sites for hydroxylation is 1. The Labute approximate surface area is 189 Å². The Morgan fingerprint density at radius 2 is 1.88 bits per heavy atom. The van der Waals surface area contributed by atoms with Crippen LogP contribution in [-0.4, -0.2) is 38.5 Å². The second-order valence-electron chi connectivity index (χ2n) is 8.00. The zero-order valence-electron chi connectivity index (χ0n) is 18.4. The lowest BCUT2D eigenvalue weighted by Crippen LogP contribution is -2.31. The summed E-state index contributed by atoms with van der Waals surface area (Å²) in [4.78, 5) is 23.6. The largest absolute Gasteiger partial charge is 0.490 e. The minimum absolute atomic E-state index is 0.163. The lowest BCUT2D eigenvalue weighted by molar-refractivity contribution is -0.132. The molecule has 32 heavy (non-hydrogen) atoms. The molecule has 0 atom stereocenters. The topological polar surface area (TPSA) is 69.5 Å². The fourth-order valence-electron chi connectivity index (χ4n) is 3.82. The van der Waals surface area contributed by atoms with E-state index >= 15 is 0 Å². The van der Waals surface area contributed by atoms with Crippen LogP contribution in [0.2, 0.25) is 0 Å². The summed E-state index contributed by atoms with van der Waals surface area (Å²) in [7, 11) is 0. The molecule has 0 aliphatic carbocycles. The van der Waals surface area contributed by atoms with Gasteiger partial charge in [-0.2, -0.15) is 0 Å². The molecule has 0 saturated carbocycles. The molecule has 3 heterocycles. The van der Waals surface area contributed by atoms with Crippen LogP contribution in [0, 0.1) is 0 Å². The van der Waals surface area contributed by atoms with Gasteiger partial charge >= 0.3 is 0 Å². The molecule has 0 saturated heterocycles. The molecule has 3 aromatic rings. The van der Waals surface area contributed by atoms with Gasteiger partial charge in [-0.15, -0.1) is 0 Å². The number of ether oxygens (including phenoxy) is 2. The second kappa shape index (κ2) is 11.3. The number of pyridine rings is 1. The molecule has 7 nitrogen and oxygen atoms in total. The van der Waals surface area contributed by atoms with Crippen molar-refractivity contribution in [3.63, 3.8) is 0 Å². The van der Waals surface area contributed by atoms with Gasteiger partial charge < -0.3 is 18.9 Å². The van der Waals surface area contributed by atoms with Gasteiger partial charge in [-0.25, -0.2) is 9.97 Å². The third-order valence-electron chi connectivity index (χ3n) is 5.57. The van der Waals surface area contributed by atoms with Gasteiger partial charge in [0, 0.05) is 43.7 Å². The molecule has 0 unspecified atom stereocenters. The van der Waals surface area contributed by atoms with Crippen LogP contribution in [0.25, 0.3) is 0 Å². The van der Waals surface area contributed by atoms with E-state index in [2.05, 4.69) is 9.97 Å². The zero-order chi connectivity index (χ0) is 22.0. The molecule has 4 rings (SSSR count). The Bertz CT molecular complexity index is 990. The fourth-order valence-corrected chi connectivity index (χ4v) is 3.82. The first kappa shape index (κ1) is 21.9. The average molecular weight is 435 g/mol. The number of carbonyl (C=O) groups is 1. The predicted molar refractivity (Wildman–Crippen MR) is 122 cm³/mol. The predicted octanol–water partition coefficient (Wildman–Crippen LogP) is 4.83. The number of benzene rings is 1. The maximum Gasteiger partial charge on any atom is 0.224 e. The van der Waals surface area contributed by atoms with Crippen molar-refractivity contribution in [3.05, 3.63) is 66.9 Å². The van der Waals surface area contributed by atoms with Gasteiger partial charge in [0.1, 0.15) is 0 Å². The van der Waals surface area contributed by atoms with E-state index in [1.54, 1.807) is 18.7 Å². The molecule has 2 aromatic heterocycles. The van der Waals surface area contributed by atoms with Crippen LogP contribution in [0.1, 0.15) is 44.1 Å². The van der Waals surface area contributed by atoms with E-state index in [0.29, 0.717) is 37.0 Å². The quantitative estimate of drug-likeness (QED) is 0.588. The molecule has 0 radical (unpaired) electrons. The standard InChI is InChI=1S/C25H30N4O3/c30-24(12-8-15-28-17-14-26-20-28)29-16-5-1-2-6-18-31-22-10-3-4-11-23(22)32-25-21(19-29)9-7-13-27-25/h3-4,7,9-11,13-14,17,20H,1-2,5-6,8,12,15-16,18-19H2. The number of rotatable bonds is 4. The van der Waals surface area contributed by atoms with Gasteiger partial charge in [0.15, 0.2) is 11.5 Å². The first-order valence-electron chi connectivity index (χ1n) is 11.4. The van der Waals surface area contributed by atoms with Gasteiger partial charge in [0.25, 0.3) is 0 Å². The van der Waals surface area contributed by atoms with Crippen molar-refractivity contribution < 1.29 is 14.3 Å². The smallest absolute Gasteiger partial charge is 0.224 e. The van der Waals surface area contributed by atoms with Crippen molar-refractivity contribution in [2.45, 2.75) is 51.6 Å². The molecule has 7 heteroatoms. The van der Waals surface area contributed by atoms with Gasteiger partial charge in [-0.3, -0.25) is 4.79 Å².